The van der Waals surface area contributed by atoms with E-state index >= 15 is 0 Å². The van der Waals surface area contributed by atoms with Crippen LogP contribution in [0.5, 0.6) is 5.75 Å². The maximum atomic E-state index is 12.8. The van der Waals surface area contributed by atoms with Crippen molar-refractivity contribution in [3.63, 3.8) is 0 Å². The summed E-state index contributed by atoms with van der Waals surface area (Å²) >= 11 is 0. The van der Waals surface area contributed by atoms with Crippen molar-refractivity contribution in [2.75, 3.05) is 14.2 Å². The third-order valence-corrected chi connectivity index (χ3v) is 4.77. The van der Waals surface area contributed by atoms with Crippen LogP contribution in [0, 0.1) is 5.92 Å². The van der Waals surface area contributed by atoms with E-state index in [4.69, 9.17) is 4.74 Å². The van der Waals surface area contributed by atoms with Crippen molar-refractivity contribution in [1.82, 2.24) is 4.90 Å². The molecule has 0 spiro atoms. The number of rotatable bonds is 5. The first-order valence-electron chi connectivity index (χ1n) is 8.12. The molecule has 0 aromatic heterocycles. The van der Waals surface area contributed by atoms with Gasteiger partial charge in [0.05, 0.1) is 7.11 Å². The van der Waals surface area contributed by atoms with E-state index in [2.05, 4.69) is 6.92 Å². The van der Waals surface area contributed by atoms with Crippen LogP contribution in [0.15, 0.2) is 48.5 Å². The van der Waals surface area contributed by atoms with E-state index < -0.39 is 0 Å². The lowest BCUT2D eigenvalue weighted by Crippen LogP contribution is -2.36. The van der Waals surface area contributed by atoms with E-state index in [0.717, 1.165) is 16.9 Å². The average molecular weight is 309 g/mol. The normalized spacial score (nSPS) is 15.1. The van der Waals surface area contributed by atoms with Crippen LogP contribution in [0.1, 0.15) is 30.1 Å². The number of carbonyl (C=O) groups is 1. The first kappa shape index (κ1) is 15.6. The lowest BCUT2D eigenvalue weighted by Gasteiger charge is -2.25. The number of hydrogen-bond acceptors (Lipinski definition) is 2. The van der Waals surface area contributed by atoms with E-state index in [1.807, 2.05) is 60.5 Å². The number of benzene rings is 2. The second kappa shape index (κ2) is 6.45. The molecule has 1 amide bonds. The van der Waals surface area contributed by atoms with E-state index in [1.165, 1.54) is 12.8 Å². The minimum absolute atomic E-state index is 0.0734. The van der Waals surface area contributed by atoms with Gasteiger partial charge in [-0.2, -0.15) is 0 Å². The zero-order valence-corrected chi connectivity index (χ0v) is 14.0. The number of nitrogens with zero attached hydrogens (tertiary/aromatic N) is 1. The Morgan fingerprint density at radius 2 is 1.87 bits per heavy atom. The minimum Gasteiger partial charge on any atom is -0.496 e. The molecule has 0 radical (unpaired) electrons. The molecule has 0 unspecified atom stereocenters. The molecule has 2 aromatic carbocycles. The number of amides is 1. The molecular weight excluding hydrogens is 286 g/mol. The van der Waals surface area contributed by atoms with Gasteiger partial charge in [0.15, 0.2) is 0 Å². The Kier molecular flexibility index (Phi) is 4.37. The van der Waals surface area contributed by atoms with Crippen LogP contribution in [-0.2, 0) is 0 Å². The molecule has 3 nitrogen and oxygen atoms in total. The summed E-state index contributed by atoms with van der Waals surface area (Å²) in [5.41, 5.74) is 2.71. The fourth-order valence-corrected chi connectivity index (χ4v) is 2.97. The molecule has 0 bridgehead atoms. The average Bonchev–Trinajstić information content (AvgIpc) is 3.45. The van der Waals surface area contributed by atoms with Gasteiger partial charge in [-0.1, -0.05) is 30.3 Å². The highest BCUT2D eigenvalue weighted by Gasteiger charge is 2.32. The monoisotopic (exact) mass is 309 g/mol. The zero-order valence-electron chi connectivity index (χ0n) is 14.0. The molecule has 0 heterocycles. The molecule has 23 heavy (non-hydrogen) atoms. The largest absolute Gasteiger partial charge is 0.496 e. The van der Waals surface area contributed by atoms with Crippen LogP contribution >= 0.6 is 0 Å². The highest BCUT2D eigenvalue weighted by atomic mass is 16.5. The SMILES string of the molecule is COc1ccc(C(=O)N(C)[C@H](C)C2CC2)cc1-c1ccccc1. The molecule has 1 saturated carbocycles. The summed E-state index contributed by atoms with van der Waals surface area (Å²) < 4.78 is 5.47. The molecule has 120 valence electrons. The first-order chi connectivity index (χ1) is 11.1. The Hall–Kier alpha value is -2.29. The van der Waals surface area contributed by atoms with Crippen molar-refractivity contribution in [2.45, 2.75) is 25.8 Å². The summed E-state index contributed by atoms with van der Waals surface area (Å²) in [6, 6.07) is 16.0. The van der Waals surface area contributed by atoms with Gasteiger partial charge in [-0.3, -0.25) is 4.79 Å². The second-order valence-electron chi connectivity index (χ2n) is 6.28. The Bertz CT molecular complexity index is 692. The Balaban J connectivity index is 1.93. The van der Waals surface area contributed by atoms with Crippen LogP contribution in [0.25, 0.3) is 11.1 Å². The Morgan fingerprint density at radius 1 is 1.17 bits per heavy atom. The van der Waals surface area contributed by atoms with Crippen LogP contribution in [0.3, 0.4) is 0 Å². The molecule has 1 fully saturated rings. The van der Waals surface area contributed by atoms with Gasteiger partial charge in [0.1, 0.15) is 5.75 Å². The summed E-state index contributed by atoms with van der Waals surface area (Å²) in [6.07, 6.45) is 2.47. The summed E-state index contributed by atoms with van der Waals surface area (Å²) in [5, 5.41) is 0. The van der Waals surface area contributed by atoms with Crippen molar-refractivity contribution in [2.24, 2.45) is 5.92 Å². The van der Waals surface area contributed by atoms with Gasteiger partial charge >= 0.3 is 0 Å². The van der Waals surface area contributed by atoms with Gasteiger partial charge in [0.25, 0.3) is 5.91 Å². The molecule has 0 aliphatic heterocycles. The van der Waals surface area contributed by atoms with Gasteiger partial charge in [-0.15, -0.1) is 0 Å². The third kappa shape index (κ3) is 3.24. The van der Waals surface area contributed by atoms with Gasteiger partial charge in [0.2, 0.25) is 0 Å². The van der Waals surface area contributed by atoms with E-state index in [1.54, 1.807) is 7.11 Å². The van der Waals surface area contributed by atoms with Gasteiger partial charge in [-0.05, 0) is 49.4 Å². The van der Waals surface area contributed by atoms with Crippen molar-refractivity contribution >= 4 is 5.91 Å². The second-order valence-corrected chi connectivity index (χ2v) is 6.28. The third-order valence-electron chi connectivity index (χ3n) is 4.77. The predicted molar refractivity (Wildman–Crippen MR) is 92.7 cm³/mol. The summed E-state index contributed by atoms with van der Waals surface area (Å²) in [5.74, 6) is 1.52. The maximum absolute atomic E-state index is 12.8. The first-order valence-corrected chi connectivity index (χ1v) is 8.12. The number of methoxy groups -OCH3 is 1. The molecule has 3 rings (SSSR count). The van der Waals surface area contributed by atoms with Crippen LogP contribution in [0.2, 0.25) is 0 Å². The summed E-state index contributed by atoms with van der Waals surface area (Å²) in [7, 11) is 3.56. The van der Waals surface area contributed by atoms with Crippen molar-refractivity contribution < 1.29 is 9.53 Å². The van der Waals surface area contributed by atoms with E-state index in [0.29, 0.717) is 17.5 Å². The molecule has 1 aliphatic carbocycles. The van der Waals surface area contributed by atoms with Crippen LogP contribution < -0.4 is 4.74 Å². The van der Waals surface area contributed by atoms with Crippen molar-refractivity contribution in [3.8, 4) is 16.9 Å². The van der Waals surface area contributed by atoms with Crippen molar-refractivity contribution in [1.29, 1.82) is 0 Å². The minimum atomic E-state index is 0.0734. The quantitative estimate of drug-likeness (QED) is 0.827. The smallest absolute Gasteiger partial charge is 0.253 e. The number of hydrogen-bond donors (Lipinski definition) is 0. The molecule has 1 aliphatic rings. The molecule has 3 heteroatoms. The highest BCUT2D eigenvalue weighted by Crippen LogP contribution is 2.36. The summed E-state index contributed by atoms with van der Waals surface area (Å²) in [6.45, 7) is 2.14. The van der Waals surface area contributed by atoms with Gasteiger partial charge < -0.3 is 9.64 Å². The lowest BCUT2D eigenvalue weighted by molar-refractivity contribution is 0.0727. The zero-order chi connectivity index (χ0) is 16.4. The summed E-state index contributed by atoms with van der Waals surface area (Å²) in [4.78, 5) is 14.7. The molecule has 0 N–H and O–H groups in total. The highest BCUT2D eigenvalue weighted by molar-refractivity contribution is 5.96. The molecule has 1 atom stereocenters. The number of ether oxygens (including phenoxy) is 1. The molecule has 0 saturated heterocycles. The topological polar surface area (TPSA) is 29.5 Å². The Labute approximate surface area is 137 Å². The lowest BCUT2D eigenvalue weighted by atomic mass is 10.0. The fourth-order valence-electron chi connectivity index (χ4n) is 2.97. The van der Waals surface area contributed by atoms with E-state index in [-0.39, 0.29) is 5.91 Å². The fraction of sp³-hybridized carbons (Fsp3) is 0.350. The van der Waals surface area contributed by atoms with Gasteiger partial charge in [0, 0.05) is 24.2 Å². The molecule has 2 aromatic rings. The maximum Gasteiger partial charge on any atom is 0.253 e. The molecular formula is C20H23NO2. The standard InChI is InChI=1S/C20H23NO2/c1-14(15-9-10-15)21(2)20(22)17-11-12-19(23-3)18(13-17)16-7-5-4-6-8-16/h4-8,11-15H,9-10H2,1-3H3/t14-/m1/s1. The van der Waals surface area contributed by atoms with E-state index in [9.17, 15) is 4.79 Å². The van der Waals surface area contributed by atoms with Gasteiger partial charge in [-0.25, -0.2) is 0 Å². The van der Waals surface area contributed by atoms with Crippen LogP contribution in [0.4, 0.5) is 0 Å². The Morgan fingerprint density at radius 3 is 2.48 bits per heavy atom. The number of carbonyl (C=O) groups excluding carboxylic acids is 1. The van der Waals surface area contributed by atoms with Crippen LogP contribution in [-0.4, -0.2) is 31.0 Å². The van der Waals surface area contributed by atoms with Crippen molar-refractivity contribution in [3.05, 3.63) is 54.1 Å². The predicted octanol–water partition coefficient (Wildman–Crippen LogP) is 4.23.